The van der Waals surface area contributed by atoms with E-state index in [4.69, 9.17) is 4.74 Å². The summed E-state index contributed by atoms with van der Waals surface area (Å²) in [6.45, 7) is 3.53. The molecule has 0 spiro atoms. The van der Waals surface area contributed by atoms with Gasteiger partial charge < -0.3 is 10.1 Å². The number of amides is 1. The van der Waals surface area contributed by atoms with Crippen molar-refractivity contribution in [2.45, 2.75) is 24.9 Å². The van der Waals surface area contributed by atoms with E-state index in [0.29, 0.717) is 6.04 Å². The minimum absolute atomic E-state index is 0.127. The van der Waals surface area contributed by atoms with Crippen LogP contribution in [0.4, 0.5) is 4.39 Å². The lowest BCUT2D eigenvalue weighted by Crippen LogP contribution is -2.56. The average molecular weight is 278 g/mol. The maximum absolute atomic E-state index is 13.5. The summed E-state index contributed by atoms with van der Waals surface area (Å²) in [4.78, 5) is 14.4. The number of morpholine rings is 1. The van der Waals surface area contributed by atoms with Gasteiger partial charge >= 0.3 is 0 Å². The van der Waals surface area contributed by atoms with Gasteiger partial charge in [0, 0.05) is 25.2 Å². The van der Waals surface area contributed by atoms with Gasteiger partial charge in [-0.1, -0.05) is 12.1 Å². The molecule has 1 saturated carbocycles. The molecule has 20 heavy (non-hydrogen) atoms. The van der Waals surface area contributed by atoms with Gasteiger partial charge in [-0.2, -0.15) is 0 Å². The van der Waals surface area contributed by atoms with Crippen LogP contribution in [-0.2, 0) is 4.74 Å². The van der Waals surface area contributed by atoms with Gasteiger partial charge in [-0.15, -0.1) is 0 Å². The van der Waals surface area contributed by atoms with Crippen LogP contribution in [0.25, 0.3) is 0 Å². The van der Waals surface area contributed by atoms with Crippen LogP contribution in [0.15, 0.2) is 24.3 Å². The molecule has 3 rings (SSSR count). The van der Waals surface area contributed by atoms with Crippen LogP contribution in [0.3, 0.4) is 0 Å². The number of rotatable bonds is 3. The Hall–Kier alpha value is -1.46. The van der Waals surface area contributed by atoms with E-state index in [0.717, 1.165) is 39.1 Å². The van der Waals surface area contributed by atoms with Gasteiger partial charge in [-0.25, -0.2) is 4.39 Å². The quantitative estimate of drug-likeness (QED) is 0.909. The number of carbonyl (C=O) groups is 1. The Balaban J connectivity index is 1.49. The average Bonchev–Trinajstić information content (AvgIpc) is 2.43. The van der Waals surface area contributed by atoms with Crippen LogP contribution in [0.2, 0.25) is 0 Å². The van der Waals surface area contributed by atoms with E-state index >= 15 is 0 Å². The number of ether oxygens (including phenoxy) is 1. The second kappa shape index (κ2) is 5.89. The van der Waals surface area contributed by atoms with E-state index in [1.165, 1.54) is 12.1 Å². The Bertz CT molecular complexity index is 483. The van der Waals surface area contributed by atoms with Crippen molar-refractivity contribution in [2.75, 3.05) is 26.3 Å². The summed E-state index contributed by atoms with van der Waals surface area (Å²) in [5, 5.41) is 2.91. The first kappa shape index (κ1) is 13.5. The molecule has 1 aromatic rings. The fourth-order valence-corrected chi connectivity index (χ4v) is 2.85. The van der Waals surface area contributed by atoms with Crippen molar-refractivity contribution in [3.63, 3.8) is 0 Å². The van der Waals surface area contributed by atoms with Gasteiger partial charge in [0.25, 0.3) is 5.91 Å². The molecule has 1 aromatic carbocycles. The fourth-order valence-electron chi connectivity index (χ4n) is 2.85. The van der Waals surface area contributed by atoms with E-state index in [2.05, 4.69) is 10.2 Å². The van der Waals surface area contributed by atoms with E-state index in [1.807, 2.05) is 0 Å². The highest BCUT2D eigenvalue weighted by molar-refractivity contribution is 5.94. The van der Waals surface area contributed by atoms with Gasteiger partial charge in [0.05, 0.1) is 18.8 Å². The summed E-state index contributed by atoms with van der Waals surface area (Å²) in [6, 6.07) is 6.79. The minimum atomic E-state index is -0.464. The number of carbonyl (C=O) groups excluding carboxylic acids is 1. The van der Waals surface area contributed by atoms with Crippen molar-refractivity contribution in [1.82, 2.24) is 10.2 Å². The second-order valence-corrected chi connectivity index (χ2v) is 5.42. The van der Waals surface area contributed by atoms with Crippen molar-refractivity contribution >= 4 is 5.91 Å². The predicted octanol–water partition coefficient (Wildman–Crippen LogP) is 1.42. The monoisotopic (exact) mass is 278 g/mol. The summed E-state index contributed by atoms with van der Waals surface area (Å²) >= 11 is 0. The molecule has 1 saturated heterocycles. The third-order valence-electron chi connectivity index (χ3n) is 4.13. The zero-order valence-corrected chi connectivity index (χ0v) is 11.3. The molecular weight excluding hydrogens is 259 g/mol. The molecule has 1 heterocycles. The lowest BCUT2D eigenvalue weighted by Gasteiger charge is -2.44. The molecular formula is C15H19FN2O2. The van der Waals surface area contributed by atoms with E-state index in [-0.39, 0.29) is 17.5 Å². The summed E-state index contributed by atoms with van der Waals surface area (Å²) in [5.74, 6) is -0.775. The molecule has 0 atom stereocenters. The number of nitrogens with one attached hydrogen (secondary N) is 1. The molecule has 2 fully saturated rings. The molecule has 5 heteroatoms. The highest BCUT2D eigenvalue weighted by atomic mass is 19.1. The van der Waals surface area contributed by atoms with Gasteiger partial charge in [0.15, 0.2) is 0 Å². The normalized spacial score (nSPS) is 26.9. The van der Waals surface area contributed by atoms with Crippen LogP contribution >= 0.6 is 0 Å². The number of nitrogens with zero attached hydrogens (tertiary/aromatic N) is 1. The Morgan fingerprint density at radius 1 is 1.25 bits per heavy atom. The van der Waals surface area contributed by atoms with Crippen LogP contribution < -0.4 is 5.32 Å². The highest BCUT2D eigenvalue weighted by Crippen LogP contribution is 2.26. The molecule has 1 aliphatic heterocycles. The van der Waals surface area contributed by atoms with Crippen molar-refractivity contribution in [1.29, 1.82) is 0 Å². The fraction of sp³-hybridized carbons (Fsp3) is 0.533. The molecule has 0 radical (unpaired) electrons. The Kier molecular flexibility index (Phi) is 3.98. The van der Waals surface area contributed by atoms with Crippen molar-refractivity contribution in [3.8, 4) is 0 Å². The van der Waals surface area contributed by atoms with E-state index in [9.17, 15) is 9.18 Å². The third kappa shape index (κ3) is 2.83. The van der Waals surface area contributed by atoms with Crippen molar-refractivity contribution in [3.05, 3.63) is 35.6 Å². The van der Waals surface area contributed by atoms with Gasteiger partial charge in [0.2, 0.25) is 0 Å². The smallest absolute Gasteiger partial charge is 0.254 e. The summed E-state index contributed by atoms with van der Waals surface area (Å²) in [5.41, 5.74) is 0.127. The molecule has 4 nitrogen and oxygen atoms in total. The molecule has 1 aliphatic carbocycles. The molecule has 0 aromatic heterocycles. The first-order valence-corrected chi connectivity index (χ1v) is 7.11. The molecule has 1 N–H and O–H groups in total. The SMILES string of the molecule is O=C(NC1CC(N2CCOCC2)C1)c1ccccc1F. The zero-order chi connectivity index (χ0) is 13.9. The molecule has 2 aliphatic rings. The summed E-state index contributed by atoms with van der Waals surface area (Å²) in [6.07, 6.45) is 1.89. The number of hydrogen-bond acceptors (Lipinski definition) is 3. The standard InChI is InChI=1S/C15H19FN2O2/c16-14-4-2-1-3-13(14)15(19)17-11-9-12(10-11)18-5-7-20-8-6-18/h1-4,11-12H,5-10H2,(H,17,19). The predicted molar refractivity (Wildman–Crippen MR) is 73.1 cm³/mol. The van der Waals surface area contributed by atoms with Crippen molar-refractivity contribution in [2.24, 2.45) is 0 Å². The van der Waals surface area contributed by atoms with E-state index in [1.54, 1.807) is 12.1 Å². The van der Waals surface area contributed by atoms with Crippen molar-refractivity contribution < 1.29 is 13.9 Å². The summed E-state index contributed by atoms with van der Waals surface area (Å²) in [7, 11) is 0. The first-order valence-electron chi connectivity index (χ1n) is 7.11. The molecule has 1 amide bonds. The maximum Gasteiger partial charge on any atom is 0.254 e. The Morgan fingerprint density at radius 3 is 2.65 bits per heavy atom. The Morgan fingerprint density at radius 2 is 1.95 bits per heavy atom. The highest BCUT2D eigenvalue weighted by Gasteiger charge is 2.35. The molecule has 0 bridgehead atoms. The second-order valence-electron chi connectivity index (χ2n) is 5.42. The van der Waals surface area contributed by atoms with Crippen LogP contribution in [0.1, 0.15) is 23.2 Å². The number of halogens is 1. The van der Waals surface area contributed by atoms with Gasteiger partial charge in [0.1, 0.15) is 5.82 Å². The summed E-state index contributed by atoms with van der Waals surface area (Å²) < 4.78 is 18.8. The van der Waals surface area contributed by atoms with Gasteiger partial charge in [-0.05, 0) is 25.0 Å². The number of hydrogen-bond donors (Lipinski definition) is 1. The maximum atomic E-state index is 13.5. The van der Waals surface area contributed by atoms with Crippen LogP contribution in [0, 0.1) is 5.82 Å². The van der Waals surface area contributed by atoms with Crippen LogP contribution in [0.5, 0.6) is 0 Å². The largest absolute Gasteiger partial charge is 0.379 e. The number of benzene rings is 1. The third-order valence-corrected chi connectivity index (χ3v) is 4.13. The van der Waals surface area contributed by atoms with E-state index < -0.39 is 5.82 Å². The lowest BCUT2D eigenvalue weighted by atomic mass is 9.85. The van der Waals surface area contributed by atoms with Crippen LogP contribution in [-0.4, -0.2) is 49.2 Å². The molecule has 108 valence electrons. The minimum Gasteiger partial charge on any atom is -0.379 e. The first-order chi connectivity index (χ1) is 9.74. The van der Waals surface area contributed by atoms with Gasteiger partial charge in [-0.3, -0.25) is 9.69 Å². The lowest BCUT2D eigenvalue weighted by molar-refractivity contribution is -0.00951. The topological polar surface area (TPSA) is 41.6 Å². The zero-order valence-electron chi connectivity index (χ0n) is 11.3. The molecule has 0 unspecified atom stereocenters. The Labute approximate surface area is 117 Å².